The van der Waals surface area contributed by atoms with E-state index >= 15 is 0 Å². The molecule has 0 radical (unpaired) electrons. The molecule has 0 aliphatic carbocycles. The van der Waals surface area contributed by atoms with Gasteiger partial charge in [-0.25, -0.2) is 4.39 Å². The number of fused-ring (bicyclic) bond motifs is 1. The molecule has 2 heterocycles. The highest BCUT2D eigenvalue weighted by atomic mass is 19.1. The van der Waals surface area contributed by atoms with Crippen LogP contribution in [0.1, 0.15) is 11.3 Å². The fourth-order valence-electron chi connectivity index (χ4n) is 3.11. The zero-order chi connectivity index (χ0) is 18.1. The second-order valence-corrected chi connectivity index (χ2v) is 6.16. The predicted octanol–water partition coefficient (Wildman–Crippen LogP) is 4.66. The Kier molecular flexibility index (Phi) is 4.13. The minimum absolute atomic E-state index is 0.121. The molecule has 0 saturated carbocycles. The first kappa shape index (κ1) is 16.3. The summed E-state index contributed by atoms with van der Waals surface area (Å²) in [4.78, 5) is 4.58. The Morgan fingerprint density at radius 2 is 1.77 bits per heavy atom. The predicted molar refractivity (Wildman–Crippen MR) is 99.4 cm³/mol. The zero-order valence-electron chi connectivity index (χ0n) is 14.6. The van der Waals surface area contributed by atoms with Gasteiger partial charge in [-0.3, -0.25) is 4.68 Å². The van der Waals surface area contributed by atoms with E-state index in [1.54, 1.807) is 22.9 Å². The molecular weight excluding hydrogens is 329 g/mol. The van der Waals surface area contributed by atoms with Crippen LogP contribution >= 0.6 is 0 Å². The van der Waals surface area contributed by atoms with Gasteiger partial charge in [0.25, 0.3) is 0 Å². The Labute approximate surface area is 150 Å². The number of aryl methyl sites for hydroxylation is 2. The molecule has 4 aromatic rings. The first-order valence-electron chi connectivity index (χ1n) is 8.39. The van der Waals surface area contributed by atoms with Gasteiger partial charge in [0.05, 0.1) is 11.1 Å². The van der Waals surface area contributed by atoms with Gasteiger partial charge in [0.15, 0.2) is 5.65 Å². The molecule has 4 rings (SSSR count). The molecule has 5 heteroatoms. The molecule has 4 nitrogen and oxygen atoms in total. The first-order chi connectivity index (χ1) is 12.6. The second kappa shape index (κ2) is 6.59. The topological polar surface area (TPSA) is 39.9 Å². The standard InChI is InChI=1S/C21H18FN3O/c1-14-20-17(15-8-4-3-5-9-15)12-19(23-21(20)25(2)24-14)26-13-16-10-6-7-11-18(16)22/h3-12H,13H2,1-2H3. The number of halogens is 1. The van der Waals surface area contributed by atoms with Gasteiger partial charge in [-0.1, -0.05) is 48.5 Å². The minimum Gasteiger partial charge on any atom is -0.473 e. The van der Waals surface area contributed by atoms with Crippen molar-refractivity contribution < 1.29 is 9.13 Å². The van der Waals surface area contributed by atoms with Gasteiger partial charge >= 0.3 is 0 Å². The lowest BCUT2D eigenvalue weighted by atomic mass is 10.0. The molecule has 0 fully saturated rings. The summed E-state index contributed by atoms with van der Waals surface area (Å²) in [6.07, 6.45) is 0. The molecule has 2 aromatic heterocycles. The summed E-state index contributed by atoms with van der Waals surface area (Å²) >= 11 is 0. The number of rotatable bonds is 4. The van der Waals surface area contributed by atoms with Gasteiger partial charge in [-0.15, -0.1) is 0 Å². The second-order valence-electron chi connectivity index (χ2n) is 6.16. The number of benzene rings is 2. The third-order valence-electron chi connectivity index (χ3n) is 4.36. The fourth-order valence-corrected chi connectivity index (χ4v) is 3.11. The van der Waals surface area contributed by atoms with Crippen molar-refractivity contribution in [3.8, 4) is 17.0 Å². The SMILES string of the molecule is Cc1nn(C)c2nc(OCc3ccccc3F)cc(-c3ccccc3)c12. The molecule has 0 atom stereocenters. The van der Waals surface area contributed by atoms with Crippen LogP contribution in [-0.2, 0) is 13.7 Å². The first-order valence-corrected chi connectivity index (χ1v) is 8.39. The highest BCUT2D eigenvalue weighted by Crippen LogP contribution is 2.33. The molecule has 0 aliphatic rings. The number of pyridine rings is 1. The lowest BCUT2D eigenvalue weighted by molar-refractivity contribution is 0.289. The van der Waals surface area contributed by atoms with Crippen molar-refractivity contribution in [1.82, 2.24) is 14.8 Å². The Morgan fingerprint density at radius 3 is 2.54 bits per heavy atom. The fraction of sp³-hybridized carbons (Fsp3) is 0.143. The van der Waals surface area contributed by atoms with Crippen LogP contribution in [0.25, 0.3) is 22.2 Å². The third-order valence-corrected chi connectivity index (χ3v) is 4.36. The van der Waals surface area contributed by atoms with Crippen LogP contribution < -0.4 is 4.74 Å². The lowest BCUT2D eigenvalue weighted by Crippen LogP contribution is -2.01. The number of nitrogens with zero attached hydrogens (tertiary/aromatic N) is 3. The van der Waals surface area contributed by atoms with Crippen molar-refractivity contribution in [1.29, 1.82) is 0 Å². The van der Waals surface area contributed by atoms with Crippen molar-refractivity contribution >= 4 is 11.0 Å². The molecule has 130 valence electrons. The van der Waals surface area contributed by atoms with E-state index in [-0.39, 0.29) is 12.4 Å². The minimum atomic E-state index is -0.284. The molecule has 0 bridgehead atoms. The highest BCUT2D eigenvalue weighted by Gasteiger charge is 2.15. The number of hydrogen-bond acceptors (Lipinski definition) is 3. The number of hydrogen-bond donors (Lipinski definition) is 0. The van der Waals surface area contributed by atoms with Gasteiger partial charge < -0.3 is 4.74 Å². The summed E-state index contributed by atoms with van der Waals surface area (Å²) in [6, 6.07) is 18.5. The molecule has 0 unspecified atom stereocenters. The lowest BCUT2D eigenvalue weighted by Gasteiger charge is -2.10. The normalized spacial score (nSPS) is 11.0. The van der Waals surface area contributed by atoms with Crippen LogP contribution in [-0.4, -0.2) is 14.8 Å². The van der Waals surface area contributed by atoms with Crippen molar-refractivity contribution in [3.63, 3.8) is 0 Å². The maximum atomic E-state index is 13.8. The van der Waals surface area contributed by atoms with Crippen molar-refractivity contribution in [2.45, 2.75) is 13.5 Å². The van der Waals surface area contributed by atoms with Gasteiger partial charge in [0.2, 0.25) is 5.88 Å². The highest BCUT2D eigenvalue weighted by molar-refractivity contribution is 5.95. The summed E-state index contributed by atoms with van der Waals surface area (Å²) in [7, 11) is 1.86. The van der Waals surface area contributed by atoms with Crippen LogP contribution in [0.2, 0.25) is 0 Å². The Hall–Kier alpha value is -3.21. The summed E-state index contributed by atoms with van der Waals surface area (Å²) in [5.74, 6) is 0.163. The van der Waals surface area contributed by atoms with E-state index in [1.807, 2.05) is 50.4 Å². The molecule has 0 saturated heterocycles. The molecular formula is C21H18FN3O. The molecule has 0 N–H and O–H groups in total. The zero-order valence-corrected chi connectivity index (χ0v) is 14.6. The van der Waals surface area contributed by atoms with E-state index in [2.05, 4.69) is 10.1 Å². The molecule has 0 spiro atoms. The van der Waals surface area contributed by atoms with Crippen molar-refractivity contribution in [3.05, 3.63) is 77.7 Å². The number of aromatic nitrogens is 3. The molecule has 0 amide bonds. The molecule has 2 aromatic carbocycles. The molecule has 26 heavy (non-hydrogen) atoms. The van der Waals surface area contributed by atoms with Gasteiger partial charge in [0.1, 0.15) is 12.4 Å². The van der Waals surface area contributed by atoms with Gasteiger partial charge in [0, 0.05) is 18.7 Å². The van der Waals surface area contributed by atoms with E-state index in [0.717, 1.165) is 27.9 Å². The molecule has 0 aliphatic heterocycles. The summed E-state index contributed by atoms with van der Waals surface area (Å²) in [5.41, 5.74) is 4.22. The van der Waals surface area contributed by atoms with E-state index in [0.29, 0.717) is 11.4 Å². The monoisotopic (exact) mass is 347 g/mol. The van der Waals surface area contributed by atoms with E-state index in [4.69, 9.17) is 4.74 Å². The number of ether oxygens (including phenoxy) is 1. The summed E-state index contributed by atoms with van der Waals surface area (Å²) < 4.78 is 21.4. The maximum Gasteiger partial charge on any atom is 0.216 e. The van der Waals surface area contributed by atoms with Crippen LogP contribution in [0.5, 0.6) is 5.88 Å². The average molecular weight is 347 g/mol. The average Bonchev–Trinajstić information content (AvgIpc) is 2.95. The van der Waals surface area contributed by atoms with E-state index in [9.17, 15) is 4.39 Å². The van der Waals surface area contributed by atoms with Gasteiger partial charge in [-0.2, -0.15) is 10.1 Å². The van der Waals surface area contributed by atoms with Crippen molar-refractivity contribution in [2.24, 2.45) is 7.05 Å². The van der Waals surface area contributed by atoms with E-state index < -0.39 is 0 Å². The van der Waals surface area contributed by atoms with Crippen molar-refractivity contribution in [2.75, 3.05) is 0 Å². The smallest absolute Gasteiger partial charge is 0.216 e. The van der Waals surface area contributed by atoms with Crippen LogP contribution in [0.15, 0.2) is 60.7 Å². The summed E-state index contributed by atoms with van der Waals surface area (Å²) in [5, 5.41) is 5.49. The Balaban J connectivity index is 1.79. The van der Waals surface area contributed by atoms with E-state index in [1.165, 1.54) is 6.07 Å². The largest absolute Gasteiger partial charge is 0.473 e. The Morgan fingerprint density at radius 1 is 1.04 bits per heavy atom. The van der Waals surface area contributed by atoms with Gasteiger partial charge in [-0.05, 0) is 24.1 Å². The maximum absolute atomic E-state index is 13.8. The quantitative estimate of drug-likeness (QED) is 0.539. The van der Waals surface area contributed by atoms with Crippen LogP contribution in [0, 0.1) is 12.7 Å². The third kappa shape index (κ3) is 2.92. The van der Waals surface area contributed by atoms with Crippen LogP contribution in [0.3, 0.4) is 0 Å². The summed E-state index contributed by atoms with van der Waals surface area (Å²) in [6.45, 7) is 2.09. The van der Waals surface area contributed by atoms with Crippen LogP contribution in [0.4, 0.5) is 4.39 Å². The Bertz CT molecular complexity index is 1070.